The first-order valence-corrected chi connectivity index (χ1v) is 7.01. The number of aryl methyl sites for hydroxylation is 1. The Balaban J connectivity index is 2.33. The zero-order chi connectivity index (χ0) is 13.6. The number of nitrogens with zero attached hydrogens (tertiary/aromatic N) is 2. The lowest BCUT2D eigenvalue weighted by molar-refractivity contribution is -0.144. The molecule has 1 aromatic rings. The third-order valence-corrected chi connectivity index (χ3v) is 4.88. The van der Waals surface area contributed by atoms with Crippen molar-refractivity contribution in [3.63, 3.8) is 0 Å². The predicted octanol–water partition coefficient (Wildman–Crippen LogP) is -0.0483. The van der Waals surface area contributed by atoms with Crippen molar-refractivity contribution in [2.24, 2.45) is 13.0 Å². The largest absolute Gasteiger partial charge is 0.480 e. The molecule has 0 radical (unpaired) electrons. The van der Waals surface area contributed by atoms with Gasteiger partial charge < -0.3 is 5.11 Å². The molecule has 1 unspecified atom stereocenters. The van der Waals surface area contributed by atoms with Crippen LogP contribution in [0.15, 0.2) is 17.3 Å². The summed E-state index contributed by atoms with van der Waals surface area (Å²) in [4.78, 5) is 11.3. The molecule has 0 aromatic carbocycles. The maximum Gasteiger partial charge on any atom is 0.324 e. The van der Waals surface area contributed by atoms with E-state index in [9.17, 15) is 18.3 Å². The topological polar surface area (TPSA) is 101 Å². The van der Waals surface area contributed by atoms with E-state index >= 15 is 0 Å². The molecule has 0 aliphatic heterocycles. The summed E-state index contributed by atoms with van der Waals surface area (Å²) in [5.41, 5.74) is -1.46. The summed E-state index contributed by atoms with van der Waals surface area (Å²) in [6.07, 6.45) is 2.79. The van der Waals surface area contributed by atoms with Gasteiger partial charge in [0.1, 0.15) is 5.54 Å². The zero-order valence-corrected chi connectivity index (χ0v) is 10.9. The van der Waals surface area contributed by atoms with E-state index in [1.807, 2.05) is 0 Å². The maximum absolute atomic E-state index is 12.1. The van der Waals surface area contributed by atoms with Crippen LogP contribution < -0.4 is 4.72 Å². The minimum atomic E-state index is -3.89. The van der Waals surface area contributed by atoms with Gasteiger partial charge >= 0.3 is 5.97 Å². The van der Waals surface area contributed by atoms with E-state index in [-0.39, 0.29) is 10.9 Å². The van der Waals surface area contributed by atoms with Crippen LogP contribution in [0.25, 0.3) is 0 Å². The molecule has 1 atom stereocenters. The van der Waals surface area contributed by atoms with E-state index in [2.05, 4.69) is 9.82 Å². The fourth-order valence-corrected chi connectivity index (χ4v) is 3.47. The lowest BCUT2D eigenvalue weighted by Gasteiger charge is -2.25. The Labute approximate surface area is 105 Å². The van der Waals surface area contributed by atoms with Crippen LogP contribution in [0.5, 0.6) is 0 Å². The normalized spacial score (nSPS) is 19.4. The molecule has 7 nitrogen and oxygen atoms in total. The summed E-state index contributed by atoms with van der Waals surface area (Å²) in [5, 5.41) is 12.9. The zero-order valence-electron chi connectivity index (χ0n) is 10.1. The average molecular weight is 273 g/mol. The average Bonchev–Trinajstić information content (AvgIpc) is 3.00. The minimum absolute atomic E-state index is 0.0457. The van der Waals surface area contributed by atoms with Gasteiger partial charge in [-0.05, 0) is 31.7 Å². The molecule has 2 N–H and O–H groups in total. The molecule has 0 spiro atoms. The van der Waals surface area contributed by atoms with Crippen molar-refractivity contribution in [1.29, 1.82) is 0 Å². The van der Waals surface area contributed by atoms with Gasteiger partial charge in [0, 0.05) is 7.05 Å². The smallest absolute Gasteiger partial charge is 0.324 e. The second kappa shape index (κ2) is 4.06. The Hall–Kier alpha value is -1.41. The third-order valence-electron chi connectivity index (χ3n) is 3.24. The van der Waals surface area contributed by atoms with E-state index in [0.717, 1.165) is 12.8 Å². The van der Waals surface area contributed by atoms with Crippen LogP contribution in [0.2, 0.25) is 0 Å². The third kappa shape index (κ3) is 2.13. The molecule has 0 amide bonds. The van der Waals surface area contributed by atoms with E-state index in [1.54, 1.807) is 0 Å². The molecule has 1 aromatic heterocycles. The number of carbonyl (C=O) groups is 1. The van der Waals surface area contributed by atoms with E-state index in [4.69, 9.17) is 0 Å². The number of sulfonamides is 1. The first-order valence-electron chi connectivity index (χ1n) is 5.53. The van der Waals surface area contributed by atoms with Gasteiger partial charge in [-0.25, -0.2) is 8.42 Å². The molecular formula is C10H15N3O4S. The van der Waals surface area contributed by atoms with E-state index < -0.39 is 21.5 Å². The van der Waals surface area contributed by atoms with E-state index in [1.165, 1.54) is 30.9 Å². The van der Waals surface area contributed by atoms with Gasteiger partial charge in [0.2, 0.25) is 0 Å². The minimum Gasteiger partial charge on any atom is -0.480 e. The molecule has 8 heteroatoms. The number of rotatable bonds is 5. The predicted molar refractivity (Wildman–Crippen MR) is 62.3 cm³/mol. The second-order valence-electron chi connectivity index (χ2n) is 4.68. The van der Waals surface area contributed by atoms with Crippen molar-refractivity contribution in [3.8, 4) is 0 Å². The van der Waals surface area contributed by atoms with Crippen LogP contribution in [-0.2, 0) is 21.9 Å². The van der Waals surface area contributed by atoms with E-state index in [0.29, 0.717) is 0 Å². The number of aromatic nitrogens is 2. The monoisotopic (exact) mass is 273 g/mol. The van der Waals surface area contributed by atoms with Gasteiger partial charge in [-0.1, -0.05) is 0 Å². The van der Waals surface area contributed by atoms with Crippen molar-refractivity contribution in [3.05, 3.63) is 12.3 Å². The Morgan fingerprint density at radius 2 is 2.22 bits per heavy atom. The number of carboxylic acids is 1. The Kier molecular flexibility index (Phi) is 2.94. The highest BCUT2D eigenvalue weighted by atomic mass is 32.2. The highest BCUT2D eigenvalue weighted by molar-refractivity contribution is 7.89. The molecule has 0 saturated heterocycles. The summed E-state index contributed by atoms with van der Waals surface area (Å²) < 4.78 is 27.7. The van der Waals surface area contributed by atoms with Crippen LogP contribution in [0, 0.1) is 5.92 Å². The Morgan fingerprint density at radius 3 is 2.61 bits per heavy atom. The molecular weight excluding hydrogens is 258 g/mol. The fraction of sp³-hybridized carbons (Fsp3) is 0.600. The molecule has 1 heterocycles. The Bertz CT molecular complexity index is 576. The number of aliphatic carboxylic acids is 1. The molecule has 1 aliphatic carbocycles. The summed E-state index contributed by atoms with van der Waals surface area (Å²) in [7, 11) is -2.40. The molecule has 1 aliphatic rings. The van der Waals surface area contributed by atoms with Crippen molar-refractivity contribution >= 4 is 16.0 Å². The van der Waals surface area contributed by atoms with Gasteiger partial charge in [-0.15, -0.1) is 0 Å². The SMILES string of the molecule is Cn1nccc1S(=O)(=O)NC(C)(C(=O)O)C1CC1. The lowest BCUT2D eigenvalue weighted by atomic mass is 9.98. The summed E-state index contributed by atoms with van der Waals surface area (Å²) >= 11 is 0. The highest BCUT2D eigenvalue weighted by Crippen LogP contribution is 2.40. The summed E-state index contributed by atoms with van der Waals surface area (Å²) in [6.45, 7) is 1.40. The molecule has 1 saturated carbocycles. The van der Waals surface area contributed by atoms with Crippen LogP contribution in [-0.4, -0.2) is 34.8 Å². The molecule has 1 fully saturated rings. The standard InChI is InChI=1S/C10H15N3O4S/c1-10(9(14)15,7-3-4-7)12-18(16,17)8-5-6-11-13(8)2/h5-7,12H,3-4H2,1-2H3,(H,14,15). The van der Waals surface area contributed by atoms with Gasteiger partial charge in [0.05, 0.1) is 6.20 Å². The second-order valence-corrected chi connectivity index (χ2v) is 6.31. The number of nitrogens with one attached hydrogen (secondary N) is 1. The van der Waals surface area contributed by atoms with Gasteiger partial charge in [0.15, 0.2) is 5.03 Å². The van der Waals surface area contributed by atoms with Crippen molar-refractivity contribution in [2.45, 2.75) is 30.3 Å². The first kappa shape index (κ1) is 13.0. The van der Waals surface area contributed by atoms with Crippen LogP contribution in [0.4, 0.5) is 0 Å². The van der Waals surface area contributed by atoms with Crippen LogP contribution >= 0.6 is 0 Å². The number of hydrogen-bond donors (Lipinski definition) is 2. The number of carboxylic acid groups (broad SMARTS) is 1. The molecule has 2 rings (SSSR count). The lowest BCUT2D eigenvalue weighted by Crippen LogP contribution is -2.54. The quantitative estimate of drug-likeness (QED) is 0.783. The fourth-order valence-electron chi connectivity index (χ4n) is 1.92. The summed E-state index contributed by atoms with van der Waals surface area (Å²) in [5.74, 6) is -1.31. The first-order chi connectivity index (χ1) is 8.27. The summed E-state index contributed by atoms with van der Waals surface area (Å²) in [6, 6.07) is 1.33. The van der Waals surface area contributed by atoms with Crippen molar-refractivity contribution < 1.29 is 18.3 Å². The molecule has 100 valence electrons. The van der Waals surface area contributed by atoms with Crippen LogP contribution in [0.1, 0.15) is 19.8 Å². The Morgan fingerprint density at radius 1 is 1.61 bits per heavy atom. The molecule has 0 bridgehead atoms. The van der Waals surface area contributed by atoms with Crippen molar-refractivity contribution in [2.75, 3.05) is 0 Å². The number of hydrogen-bond acceptors (Lipinski definition) is 4. The van der Waals surface area contributed by atoms with Crippen molar-refractivity contribution in [1.82, 2.24) is 14.5 Å². The van der Waals surface area contributed by atoms with Gasteiger partial charge in [-0.3, -0.25) is 9.48 Å². The van der Waals surface area contributed by atoms with Gasteiger partial charge in [-0.2, -0.15) is 9.82 Å². The maximum atomic E-state index is 12.1. The van der Waals surface area contributed by atoms with Crippen LogP contribution in [0.3, 0.4) is 0 Å². The molecule has 18 heavy (non-hydrogen) atoms. The van der Waals surface area contributed by atoms with Gasteiger partial charge in [0.25, 0.3) is 10.0 Å². The highest BCUT2D eigenvalue weighted by Gasteiger charge is 2.50.